The van der Waals surface area contributed by atoms with E-state index in [0.717, 1.165) is 51.6 Å². The van der Waals surface area contributed by atoms with Gasteiger partial charge in [-0.05, 0) is 25.7 Å². The third kappa shape index (κ3) is 3.73. The van der Waals surface area contributed by atoms with E-state index in [1.807, 2.05) is 0 Å². The van der Waals surface area contributed by atoms with Crippen LogP contribution in [0.3, 0.4) is 0 Å². The van der Waals surface area contributed by atoms with Crippen molar-refractivity contribution in [2.24, 2.45) is 11.1 Å². The molecule has 6 heteroatoms. The lowest BCUT2D eigenvalue weighted by atomic mass is 9.79. The lowest BCUT2D eigenvalue weighted by Gasteiger charge is -2.30. The van der Waals surface area contributed by atoms with Gasteiger partial charge in [0.25, 0.3) is 0 Å². The summed E-state index contributed by atoms with van der Waals surface area (Å²) < 4.78 is 0. The normalized spacial score (nSPS) is 21.6. The maximum absolute atomic E-state index is 12.6. The van der Waals surface area contributed by atoms with Crippen molar-refractivity contribution in [3.63, 3.8) is 0 Å². The van der Waals surface area contributed by atoms with E-state index in [9.17, 15) is 9.59 Å². The molecule has 0 aromatic carbocycles. The van der Waals surface area contributed by atoms with E-state index in [4.69, 9.17) is 18.0 Å². The molecule has 0 aromatic heterocycles. The summed E-state index contributed by atoms with van der Waals surface area (Å²) in [7, 11) is 0. The predicted octanol–water partition coefficient (Wildman–Crippen LogP) is 1.35. The molecule has 5 nitrogen and oxygen atoms in total. The Morgan fingerprint density at radius 2 is 1.62 bits per heavy atom. The Morgan fingerprint density at radius 1 is 1.05 bits per heavy atom. The molecule has 1 aliphatic heterocycles. The van der Waals surface area contributed by atoms with Gasteiger partial charge in [0.15, 0.2) is 0 Å². The highest BCUT2D eigenvalue weighted by Gasteiger charge is 2.41. The molecule has 1 saturated carbocycles. The average Bonchev–Trinajstić information content (AvgIpc) is 2.88. The molecule has 2 fully saturated rings. The molecule has 1 heterocycles. The van der Waals surface area contributed by atoms with Crippen LogP contribution in [-0.2, 0) is 9.59 Å². The van der Waals surface area contributed by atoms with Crippen molar-refractivity contribution in [2.75, 3.05) is 19.6 Å². The van der Waals surface area contributed by atoms with Crippen molar-refractivity contribution >= 4 is 29.0 Å². The first-order valence-corrected chi connectivity index (χ1v) is 8.33. The highest BCUT2D eigenvalue weighted by Crippen LogP contribution is 2.35. The number of thiocarbonyl (C=S) groups is 1. The van der Waals surface area contributed by atoms with Crippen molar-refractivity contribution in [3.05, 3.63) is 0 Å². The Kier molecular flexibility index (Phi) is 5.56. The van der Waals surface area contributed by atoms with Crippen LogP contribution in [0.2, 0.25) is 0 Å². The minimum Gasteiger partial charge on any atom is -0.392 e. The SMILES string of the molecule is NC(=S)C1(C(=O)NCC(=O)N2CCCC2)CCCCCC1. The summed E-state index contributed by atoms with van der Waals surface area (Å²) in [6.07, 6.45) is 7.66. The van der Waals surface area contributed by atoms with E-state index in [-0.39, 0.29) is 23.3 Å². The Labute approximate surface area is 131 Å². The Morgan fingerprint density at radius 3 is 2.14 bits per heavy atom. The summed E-state index contributed by atoms with van der Waals surface area (Å²) >= 11 is 5.17. The number of carbonyl (C=O) groups is 2. The number of likely N-dealkylation sites (tertiary alicyclic amines) is 1. The lowest BCUT2D eigenvalue weighted by Crippen LogP contribution is -2.51. The highest BCUT2D eigenvalue weighted by molar-refractivity contribution is 7.80. The summed E-state index contributed by atoms with van der Waals surface area (Å²) in [5.41, 5.74) is 5.12. The Balaban J connectivity index is 1.95. The molecule has 0 radical (unpaired) electrons. The highest BCUT2D eigenvalue weighted by atomic mass is 32.1. The molecule has 0 atom stereocenters. The van der Waals surface area contributed by atoms with Gasteiger partial charge >= 0.3 is 0 Å². The number of rotatable bonds is 4. The molecule has 2 rings (SSSR count). The molecular formula is C15H25N3O2S. The van der Waals surface area contributed by atoms with Gasteiger partial charge in [0.1, 0.15) is 0 Å². The number of amides is 2. The molecule has 2 amide bonds. The maximum atomic E-state index is 12.6. The van der Waals surface area contributed by atoms with Gasteiger partial charge in [0, 0.05) is 13.1 Å². The van der Waals surface area contributed by atoms with Crippen molar-refractivity contribution < 1.29 is 9.59 Å². The van der Waals surface area contributed by atoms with Crippen LogP contribution >= 0.6 is 12.2 Å². The largest absolute Gasteiger partial charge is 0.392 e. The zero-order valence-electron chi connectivity index (χ0n) is 12.5. The van der Waals surface area contributed by atoms with Gasteiger partial charge in [0.05, 0.1) is 16.9 Å². The average molecular weight is 311 g/mol. The quantitative estimate of drug-likeness (QED) is 0.607. The fourth-order valence-electron chi connectivity index (χ4n) is 3.32. The molecule has 1 aliphatic carbocycles. The zero-order valence-corrected chi connectivity index (χ0v) is 13.3. The summed E-state index contributed by atoms with van der Waals surface area (Å²) in [5, 5.41) is 2.78. The van der Waals surface area contributed by atoms with Crippen molar-refractivity contribution in [2.45, 2.75) is 51.4 Å². The monoisotopic (exact) mass is 311 g/mol. The van der Waals surface area contributed by atoms with E-state index >= 15 is 0 Å². The van der Waals surface area contributed by atoms with Crippen LogP contribution in [0.25, 0.3) is 0 Å². The fourth-order valence-corrected chi connectivity index (χ4v) is 3.62. The first-order valence-electron chi connectivity index (χ1n) is 7.92. The number of nitrogens with two attached hydrogens (primary N) is 1. The Hall–Kier alpha value is -1.17. The van der Waals surface area contributed by atoms with Crippen LogP contribution in [0.5, 0.6) is 0 Å². The molecule has 21 heavy (non-hydrogen) atoms. The molecule has 1 saturated heterocycles. The molecule has 0 spiro atoms. The second-order valence-corrected chi connectivity index (χ2v) is 6.57. The third-order valence-corrected chi connectivity index (χ3v) is 5.11. The second kappa shape index (κ2) is 7.20. The molecule has 2 aliphatic rings. The molecule has 0 unspecified atom stereocenters. The molecule has 0 aromatic rings. The molecule has 118 valence electrons. The fraction of sp³-hybridized carbons (Fsp3) is 0.800. The summed E-state index contributed by atoms with van der Waals surface area (Å²) in [6.45, 7) is 1.66. The van der Waals surface area contributed by atoms with Crippen molar-refractivity contribution in [3.8, 4) is 0 Å². The van der Waals surface area contributed by atoms with E-state index in [0.29, 0.717) is 12.8 Å². The van der Waals surface area contributed by atoms with Crippen molar-refractivity contribution in [1.29, 1.82) is 0 Å². The van der Waals surface area contributed by atoms with Crippen LogP contribution in [-0.4, -0.2) is 41.3 Å². The maximum Gasteiger partial charge on any atom is 0.241 e. The van der Waals surface area contributed by atoms with Gasteiger partial charge in [0.2, 0.25) is 11.8 Å². The third-order valence-electron chi connectivity index (χ3n) is 4.72. The standard InChI is InChI=1S/C15H25N3O2S/c16-13(21)15(7-3-1-2-4-8-15)14(20)17-11-12(19)18-9-5-6-10-18/h1-11H2,(H2,16,21)(H,17,20). The van der Waals surface area contributed by atoms with Gasteiger partial charge < -0.3 is 16.0 Å². The van der Waals surface area contributed by atoms with Gasteiger partial charge in [-0.1, -0.05) is 37.9 Å². The zero-order chi connectivity index (χ0) is 15.3. The van der Waals surface area contributed by atoms with Crippen LogP contribution in [0.1, 0.15) is 51.4 Å². The number of hydrogen-bond acceptors (Lipinski definition) is 3. The molecule has 3 N–H and O–H groups in total. The lowest BCUT2D eigenvalue weighted by molar-refractivity contribution is -0.134. The van der Waals surface area contributed by atoms with Crippen LogP contribution in [0.4, 0.5) is 0 Å². The first-order chi connectivity index (χ1) is 10.1. The minimum absolute atomic E-state index is 0.00689. The number of nitrogens with zero attached hydrogens (tertiary/aromatic N) is 1. The second-order valence-electron chi connectivity index (χ2n) is 6.13. The Bertz CT molecular complexity index is 411. The van der Waals surface area contributed by atoms with Gasteiger partial charge in [-0.25, -0.2) is 0 Å². The smallest absolute Gasteiger partial charge is 0.241 e. The number of nitrogens with one attached hydrogen (secondary N) is 1. The predicted molar refractivity (Wildman–Crippen MR) is 85.7 cm³/mol. The summed E-state index contributed by atoms with van der Waals surface area (Å²) in [4.78, 5) is 26.7. The van der Waals surface area contributed by atoms with E-state index in [2.05, 4.69) is 5.32 Å². The number of hydrogen-bond donors (Lipinski definition) is 2. The molecule has 0 bridgehead atoms. The number of carbonyl (C=O) groups excluding carboxylic acids is 2. The van der Waals surface area contributed by atoms with E-state index in [1.165, 1.54) is 0 Å². The van der Waals surface area contributed by atoms with E-state index in [1.54, 1.807) is 4.90 Å². The topological polar surface area (TPSA) is 75.4 Å². The van der Waals surface area contributed by atoms with Gasteiger partial charge in [-0.15, -0.1) is 0 Å². The summed E-state index contributed by atoms with van der Waals surface area (Å²) in [5.74, 6) is -0.169. The molecular weight excluding hydrogens is 286 g/mol. The van der Waals surface area contributed by atoms with Gasteiger partial charge in [-0.2, -0.15) is 0 Å². The van der Waals surface area contributed by atoms with Crippen LogP contribution in [0.15, 0.2) is 0 Å². The van der Waals surface area contributed by atoms with Crippen LogP contribution in [0, 0.1) is 5.41 Å². The van der Waals surface area contributed by atoms with E-state index < -0.39 is 5.41 Å². The van der Waals surface area contributed by atoms with Crippen molar-refractivity contribution in [1.82, 2.24) is 10.2 Å². The summed E-state index contributed by atoms with van der Waals surface area (Å²) in [6, 6.07) is 0. The van der Waals surface area contributed by atoms with Gasteiger partial charge in [-0.3, -0.25) is 9.59 Å². The minimum atomic E-state index is -0.753. The first kappa shape index (κ1) is 16.2. The van der Waals surface area contributed by atoms with Crippen LogP contribution < -0.4 is 11.1 Å².